The molecule has 0 unspecified atom stereocenters. The zero-order valence-electron chi connectivity index (χ0n) is 20.9. The number of aromatic hydroxyl groups is 2. The Labute approximate surface area is 216 Å². The number of carbonyl (C=O) groups is 2. The normalized spacial score (nSPS) is 15.4. The molecule has 0 aromatic heterocycles. The summed E-state index contributed by atoms with van der Waals surface area (Å²) in [5.74, 6) is -4.00. The fraction of sp³-hybridized carbons (Fsp3) is 0.400. The van der Waals surface area contributed by atoms with Crippen molar-refractivity contribution >= 4 is 25.7 Å². The van der Waals surface area contributed by atoms with Crippen LogP contribution in [-0.2, 0) is 22.4 Å². The Kier molecular flexibility index (Phi) is 10.8. The number of carbonyl (C=O) groups excluding carboxylic acids is 2. The smallest absolute Gasteiger partial charge is 0.253 e. The van der Waals surface area contributed by atoms with Gasteiger partial charge in [-0.2, -0.15) is 0 Å². The molecule has 0 aliphatic rings. The molecule has 4 atom stereocenters. The molecule has 0 saturated heterocycles. The molecule has 11 nitrogen and oxygen atoms in total. The second kappa shape index (κ2) is 13.3. The van der Waals surface area contributed by atoms with Crippen molar-refractivity contribution in [3.8, 4) is 11.5 Å². The maximum atomic E-state index is 13.3. The lowest BCUT2D eigenvalue weighted by Gasteiger charge is -2.29. The molecule has 2 aromatic carbocycles. The summed E-state index contributed by atoms with van der Waals surface area (Å²) in [6.45, 7) is 4.79. The van der Waals surface area contributed by atoms with Gasteiger partial charge in [-0.15, -0.1) is 0 Å². The second-order valence-corrected chi connectivity index (χ2v) is 10.7. The molecule has 0 aliphatic heterocycles. The second-order valence-electron chi connectivity index (χ2n) is 8.89. The van der Waals surface area contributed by atoms with Gasteiger partial charge >= 0.3 is 0 Å². The monoisotopic (exact) mass is 534 g/mol. The van der Waals surface area contributed by atoms with E-state index in [1.807, 2.05) is 6.92 Å². The van der Waals surface area contributed by atoms with Crippen LogP contribution in [0.2, 0.25) is 0 Å². The van der Waals surface area contributed by atoms with Crippen LogP contribution in [0.1, 0.15) is 38.3 Å². The molecule has 37 heavy (non-hydrogen) atoms. The van der Waals surface area contributed by atoms with Gasteiger partial charge in [-0.3, -0.25) is 14.6 Å². The van der Waals surface area contributed by atoms with Crippen LogP contribution in [0.3, 0.4) is 0 Å². The summed E-state index contributed by atoms with van der Waals surface area (Å²) in [5.41, 5.74) is 1.02. The molecule has 2 amide bonds. The van der Waals surface area contributed by atoms with Crippen LogP contribution >= 0.6 is 7.94 Å². The van der Waals surface area contributed by atoms with E-state index >= 15 is 0 Å². The van der Waals surface area contributed by atoms with Gasteiger partial charge in [-0.1, -0.05) is 44.5 Å². The molecular weight excluding hydrogens is 501 g/mol. The van der Waals surface area contributed by atoms with E-state index in [9.17, 15) is 39.6 Å². The molecule has 0 aliphatic carbocycles. The SMILES string of the molecule is CC[C@H](C)[C@H](N=C(C)[O-])C(=O)N[C@@H](Cc1ccc(O)cc1)C(=O)N[C@@H](Cc1ccc(O)cc1)[P+]([O-])(O)O. The number of hydrogen-bond acceptors (Lipinski definition) is 9. The standard InChI is InChI=1S/C25H34N3O8P/c1-4-15(2)23(26-16(3)29)25(33)27-21(13-17-5-9-19(30)10-6-17)24(32)28-22(37(34,35)36)14-18-7-11-20(31)12-8-18/h5-12,15,21-23,30-31H,4,13-14H2,1-3H3,(H,26,29)(H,27,33)(H,28,32)(H2,34,35,36)/p-1/t15-,21-,22+,23-/m0/s1. The third-order valence-corrected chi connectivity index (χ3v) is 6.99. The fourth-order valence-electron chi connectivity index (χ4n) is 3.57. The lowest BCUT2D eigenvalue weighted by Crippen LogP contribution is -2.54. The van der Waals surface area contributed by atoms with Gasteiger partial charge in [0.1, 0.15) is 23.6 Å². The first-order chi connectivity index (χ1) is 17.3. The van der Waals surface area contributed by atoms with Crippen molar-refractivity contribution in [2.75, 3.05) is 0 Å². The van der Waals surface area contributed by atoms with E-state index in [0.717, 1.165) is 0 Å². The van der Waals surface area contributed by atoms with E-state index in [1.54, 1.807) is 19.1 Å². The molecule has 6 N–H and O–H groups in total. The number of phenols is 2. The number of benzene rings is 2. The molecule has 0 saturated carbocycles. The molecule has 12 heteroatoms. The van der Waals surface area contributed by atoms with Crippen molar-refractivity contribution in [1.82, 2.24) is 10.6 Å². The zero-order valence-corrected chi connectivity index (χ0v) is 21.8. The summed E-state index contributed by atoms with van der Waals surface area (Å²) >= 11 is 0. The highest BCUT2D eigenvalue weighted by Gasteiger charge is 2.37. The van der Waals surface area contributed by atoms with Crippen LogP contribution in [0.15, 0.2) is 53.5 Å². The third-order valence-electron chi connectivity index (χ3n) is 5.86. The quantitative estimate of drug-likeness (QED) is 0.125. The molecule has 0 spiro atoms. The fourth-order valence-corrected chi connectivity index (χ4v) is 4.32. The summed E-state index contributed by atoms with van der Waals surface area (Å²) in [6.07, 6.45) is 0.250. The first-order valence-corrected chi connectivity index (χ1v) is 13.4. The number of amides is 2. The zero-order chi connectivity index (χ0) is 27.8. The van der Waals surface area contributed by atoms with E-state index in [0.29, 0.717) is 17.5 Å². The van der Waals surface area contributed by atoms with Crippen LogP contribution in [-0.4, -0.2) is 55.6 Å². The Bertz CT molecular complexity index is 1070. The number of hydrogen-bond donors (Lipinski definition) is 6. The molecular formula is C25H33N3O8P-. The third kappa shape index (κ3) is 9.62. The number of phenolic OH excluding ortho intramolecular Hbond substituents is 2. The Morgan fingerprint density at radius 1 is 0.919 bits per heavy atom. The largest absolute Gasteiger partial charge is 0.862 e. The summed E-state index contributed by atoms with van der Waals surface area (Å²) in [4.78, 5) is 62.2. The van der Waals surface area contributed by atoms with Crippen LogP contribution in [0, 0.1) is 5.92 Å². The first kappa shape index (κ1) is 30.0. The Morgan fingerprint density at radius 3 is 1.84 bits per heavy atom. The number of rotatable bonds is 12. The van der Waals surface area contributed by atoms with Crippen LogP contribution in [0.25, 0.3) is 0 Å². The van der Waals surface area contributed by atoms with E-state index in [1.165, 1.54) is 43.3 Å². The lowest BCUT2D eigenvalue weighted by molar-refractivity contribution is -0.216. The highest BCUT2D eigenvalue weighted by atomic mass is 31.2. The summed E-state index contributed by atoms with van der Waals surface area (Å²) < 4.78 is 0. The van der Waals surface area contributed by atoms with Gasteiger partial charge in [-0.25, -0.2) is 9.79 Å². The average molecular weight is 535 g/mol. The maximum Gasteiger partial charge on any atom is 0.253 e. The molecule has 0 bridgehead atoms. The maximum absolute atomic E-state index is 13.3. The van der Waals surface area contributed by atoms with E-state index < -0.39 is 43.5 Å². The van der Waals surface area contributed by atoms with Gasteiger partial charge < -0.3 is 30.8 Å². The summed E-state index contributed by atoms with van der Waals surface area (Å²) in [6, 6.07) is 9.25. The summed E-state index contributed by atoms with van der Waals surface area (Å²) in [7, 11) is -4.83. The first-order valence-electron chi connectivity index (χ1n) is 11.7. The Hall–Kier alpha value is -3.24. The van der Waals surface area contributed by atoms with Crippen LogP contribution in [0.5, 0.6) is 11.5 Å². The van der Waals surface area contributed by atoms with E-state index in [-0.39, 0.29) is 30.3 Å². The van der Waals surface area contributed by atoms with Crippen molar-refractivity contribution in [3.05, 3.63) is 59.7 Å². The molecule has 0 fully saturated rings. The average Bonchev–Trinajstić information content (AvgIpc) is 2.83. The van der Waals surface area contributed by atoms with Crippen molar-refractivity contribution < 1.29 is 39.6 Å². The Morgan fingerprint density at radius 2 is 1.41 bits per heavy atom. The minimum atomic E-state index is -4.83. The molecule has 2 rings (SSSR count). The van der Waals surface area contributed by atoms with Gasteiger partial charge in [0.2, 0.25) is 11.8 Å². The van der Waals surface area contributed by atoms with E-state index in [2.05, 4.69) is 15.6 Å². The van der Waals surface area contributed by atoms with Crippen LogP contribution < -0.4 is 20.6 Å². The molecule has 0 heterocycles. The van der Waals surface area contributed by atoms with E-state index in [4.69, 9.17) is 0 Å². The highest BCUT2D eigenvalue weighted by molar-refractivity contribution is 7.57. The molecule has 0 radical (unpaired) electrons. The van der Waals surface area contributed by atoms with Gasteiger partial charge in [0.05, 0.1) is 0 Å². The minimum absolute atomic E-state index is 0.00124. The van der Waals surface area contributed by atoms with Crippen molar-refractivity contribution in [2.24, 2.45) is 10.9 Å². The molecule has 2 aromatic rings. The van der Waals surface area contributed by atoms with Gasteiger partial charge in [-0.05, 0) is 54.1 Å². The van der Waals surface area contributed by atoms with Gasteiger partial charge in [0.15, 0.2) is 5.78 Å². The Balaban J connectivity index is 2.33. The van der Waals surface area contributed by atoms with Gasteiger partial charge in [0.25, 0.3) is 7.94 Å². The highest BCUT2D eigenvalue weighted by Crippen LogP contribution is 2.45. The van der Waals surface area contributed by atoms with Crippen LogP contribution in [0.4, 0.5) is 0 Å². The number of nitrogens with one attached hydrogen (secondary N) is 2. The predicted molar refractivity (Wildman–Crippen MR) is 135 cm³/mol. The minimum Gasteiger partial charge on any atom is -0.862 e. The number of aliphatic imine (C=N–C) groups is 1. The van der Waals surface area contributed by atoms with Gasteiger partial charge in [0, 0.05) is 12.8 Å². The number of nitrogens with zero attached hydrogens (tertiary/aromatic N) is 1. The summed E-state index contributed by atoms with van der Waals surface area (Å²) in [5, 5.41) is 35.6. The topological polar surface area (TPSA) is 198 Å². The van der Waals surface area contributed by atoms with Crippen molar-refractivity contribution in [2.45, 2.75) is 57.9 Å². The molecule has 202 valence electrons. The lowest BCUT2D eigenvalue weighted by atomic mass is 9.97. The van der Waals surface area contributed by atoms with Crippen molar-refractivity contribution in [3.63, 3.8) is 0 Å². The predicted octanol–water partition coefficient (Wildman–Crippen LogP) is 0.111. The van der Waals surface area contributed by atoms with Crippen molar-refractivity contribution in [1.29, 1.82) is 0 Å².